The van der Waals surface area contributed by atoms with Crippen molar-refractivity contribution in [3.8, 4) is 28.6 Å². The number of aryl methyl sites for hydroxylation is 1. The fourth-order valence-electron chi connectivity index (χ4n) is 4.94. The van der Waals surface area contributed by atoms with E-state index in [1.165, 1.54) is 22.5 Å². The van der Waals surface area contributed by atoms with Gasteiger partial charge in [0, 0.05) is 78.9 Å². The van der Waals surface area contributed by atoms with Gasteiger partial charge in [-0.1, -0.05) is 0 Å². The predicted octanol–water partition coefficient (Wildman–Crippen LogP) is 4.28. The van der Waals surface area contributed by atoms with Crippen molar-refractivity contribution in [3.05, 3.63) is 83.2 Å². The molecule has 5 heterocycles. The van der Waals surface area contributed by atoms with E-state index in [1.807, 2.05) is 30.6 Å². The summed E-state index contributed by atoms with van der Waals surface area (Å²) in [5.41, 5.74) is 8.22. The monoisotopic (exact) mass is 453 g/mol. The van der Waals surface area contributed by atoms with Gasteiger partial charge in [0.1, 0.15) is 13.2 Å². The van der Waals surface area contributed by atoms with Crippen LogP contribution in [0.15, 0.2) is 55.0 Å². The van der Waals surface area contributed by atoms with E-state index in [-0.39, 0.29) is 0 Å². The summed E-state index contributed by atoms with van der Waals surface area (Å²) in [7, 11) is 0. The molecule has 7 heteroatoms. The van der Waals surface area contributed by atoms with Crippen LogP contribution in [-0.4, -0.2) is 44.2 Å². The molecule has 172 valence electrons. The number of pyridine rings is 1. The molecule has 2 aliphatic rings. The molecule has 0 aliphatic carbocycles. The van der Waals surface area contributed by atoms with Gasteiger partial charge in [-0.2, -0.15) is 0 Å². The van der Waals surface area contributed by atoms with Crippen LogP contribution in [0, 0.1) is 13.8 Å². The summed E-state index contributed by atoms with van der Waals surface area (Å²) in [5.74, 6) is 2.39. The highest BCUT2D eigenvalue weighted by Gasteiger charge is 2.22. The highest BCUT2D eigenvalue weighted by atomic mass is 16.6. The smallest absolute Gasteiger partial charge is 0.163 e. The maximum Gasteiger partial charge on any atom is 0.163 e. The van der Waals surface area contributed by atoms with E-state index in [0.29, 0.717) is 13.2 Å². The summed E-state index contributed by atoms with van der Waals surface area (Å²) in [6.45, 7) is 8.28. The third kappa shape index (κ3) is 3.82. The molecule has 3 aromatic heterocycles. The Kier molecular flexibility index (Phi) is 5.26. The number of hydrogen-bond acceptors (Lipinski definition) is 6. The van der Waals surface area contributed by atoms with Gasteiger partial charge in [-0.3, -0.25) is 9.88 Å². The second-order valence-electron chi connectivity index (χ2n) is 8.93. The van der Waals surface area contributed by atoms with E-state index in [2.05, 4.69) is 51.5 Å². The van der Waals surface area contributed by atoms with E-state index in [0.717, 1.165) is 60.3 Å². The molecule has 2 aliphatic heterocycles. The van der Waals surface area contributed by atoms with Crippen LogP contribution in [0.2, 0.25) is 0 Å². The Balaban J connectivity index is 1.21. The fraction of sp³-hybridized carbons (Fsp3) is 0.296. The zero-order valence-corrected chi connectivity index (χ0v) is 19.5. The molecule has 0 saturated carbocycles. The van der Waals surface area contributed by atoms with E-state index in [1.54, 1.807) is 6.20 Å². The number of fused-ring (bicyclic) bond motifs is 2. The van der Waals surface area contributed by atoms with E-state index in [9.17, 15) is 0 Å². The average molecular weight is 454 g/mol. The standard InChI is InChI=1S/C27H27N5O2/c1-18-12-21(19(2)32(18)23-5-6-25-26(13-23)34-11-10-33-25)16-31-9-7-24-22(17-31)15-29-27(30-24)20-4-3-8-28-14-20/h3-6,8,12-15H,7,9-11,16-17H2,1-2H3. The molecule has 0 bridgehead atoms. The topological polar surface area (TPSA) is 65.3 Å². The highest BCUT2D eigenvalue weighted by molar-refractivity contribution is 5.54. The van der Waals surface area contributed by atoms with E-state index in [4.69, 9.17) is 14.5 Å². The van der Waals surface area contributed by atoms with Gasteiger partial charge in [0.2, 0.25) is 0 Å². The second kappa shape index (κ2) is 8.57. The summed E-state index contributed by atoms with van der Waals surface area (Å²) in [5, 5.41) is 0. The number of aromatic nitrogens is 4. The Labute approximate surface area is 199 Å². The summed E-state index contributed by atoms with van der Waals surface area (Å²) in [4.78, 5) is 16.1. The first-order valence-corrected chi connectivity index (χ1v) is 11.7. The van der Waals surface area contributed by atoms with E-state index >= 15 is 0 Å². The minimum absolute atomic E-state index is 0.592. The Hall–Kier alpha value is -3.71. The Morgan fingerprint density at radius 2 is 1.88 bits per heavy atom. The molecule has 0 spiro atoms. The third-order valence-corrected chi connectivity index (χ3v) is 6.65. The Morgan fingerprint density at radius 3 is 2.74 bits per heavy atom. The molecular weight excluding hydrogens is 426 g/mol. The molecule has 4 aromatic rings. The number of benzene rings is 1. The normalized spacial score (nSPS) is 15.2. The van der Waals surface area contributed by atoms with Gasteiger partial charge in [0.15, 0.2) is 17.3 Å². The van der Waals surface area contributed by atoms with Crippen LogP contribution in [0.25, 0.3) is 17.1 Å². The second-order valence-corrected chi connectivity index (χ2v) is 8.93. The van der Waals surface area contributed by atoms with Gasteiger partial charge in [0.05, 0.1) is 5.69 Å². The molecule has 7 nitrogen and oxygen atoms in total. The van der Waals surface area contributed by atoms with Crippen LogP contribution in [0.5, 0.6) is 11.5 Å². The first kappa shape index (κ1) is 20.9. The number of nitrogens with zero attached hydrogens (tertiary/aromatic N) is 5. The van der Waals surface area contributed by atoms with Crippen LogP contribution < -0.4 is 9.47 Å². The minimum atomic E-state index is 0.592. The van der Waals surface area contributed by atoms with Crippen molar-refractivity contribution in [3.63, 3.8) is 0 Å². The first-order chi connectivity index (χ1) is 16.7. The average Bonchev–Trinajstić information content (AvgIpc) is 3.16. The summed E-state index contributed by atoms with van der Waals surface area (Å²) >= 11 is 0. The van der Waals surface area contributed by atoms with E-state index < -0.39 is 0 Å². The SMILES string of the molecule is Cc1cc(CN2CCc3nc(-c4cccnc4)ncc3C2)c(C)n1-c1ccc2c(c1)OCCO2. The largest absolute Gasteiger partial charge is 0.486 e. The van der Waals surface area contributed by atoms with Gasteiger partial charge in [-0.25, -0.2) is 9.97 Å². The first-order valence-electron chi connectivity index (χ1n) is 11.7. The highest BCUT2D eigenvalue weighted by Crippen LogP contribution is 2.34. The lowest BCUT2D eigenvalue weighted by molar-refractivity contribution is 0.171. The molecule has 0 saturated heterocycles. The van der Waals surface area contributed by atoms with Crippen LogP contribution in [0.3, 0.4) is 0 Å². The van der Waals surface area contributed by atoms with Gasteiger partial charge >= 0.3 is 0 Å². The lowest BCUT2D eigenvalue weighted by Crippen LogP contribution is -2.31. The van der Waals surface area contributed by atoms with Crippen LogP contribution in [0.1, 0.15) is 28.2 Å². The maximum atomic E-state index is 5.80. The summed E-state index contributed by atoms with van der Waals surface area (Å²) in [6, 6.07) is 12.4. The molecule has 34 heavy (non-hydrogen) atoms. The molecule has 0 N–H and O–H groups in total. The zero-order chi connectivity index (χ0) is 23.1. The van der Waals surface area contributed by atoms with Crippen molar-refractivity contribution < 1.29 is 9.47 Å². The van der Waals surface area contributed by atoms with Crippen LogP contribution >= 0.6 is 0 Å². The van der Waals surface area contributed by atoms with Crippen LogP contribution in [0.4, 0.5) is 0 Å². The zero-order valence-electron chi connectivity index (χ0n) is 19.5. The predicted molar refractivity (Wildman–Crippen MR) is 129 cm³/mol. The van der Waals surface area contributed by atoms with Gasteiger partial charge < -0.3 is 14.0 Å². The quantitative estimate of drug-likeness (QED) is 0.460. The lowest BCUT2D eigenvalue weighted by Gasteiger charge is -2.28. The van der Waals surface area contributed by atoms with Crippen molar-refractivity contribution in [2.75, 3.05) is 19.8 Å². The summed E-state index contributed by atoms with van der Waals surface area (Å²) < 4.78 is 13.8. The lowest BCUT2D eigenvalue weighted by atomic mass is 10.1. The van der Waals surface area contributed by atoms with Gasteiger partial charge in [0.25, 0.3) is 0 Å². The number of hydrogen-bond donors (Lipinski definition) is 0. The van der Waals surface area contributed by atoms with Crippen molar-refractivity contribution >= 4 is 0 Å². The Morgan fingerprint density at radius 1 is 1.00 bits per heavy atom. The molecule has 0 radical (unpaired) electrons. The summed E-state index contributed by atoms with van der Waals surface area (Å²) in [6.07, 6.45) is 6.49. The molecular formula is C27H27N5O2. The van der Waals surface area contributed by atoms with Gasteiger partial charge in [-0.15, -0.1) is 0 Å². The maximum absolute atomic E-state index is 5.80. The number of ether oxygens (including phenoxy) is 2. The minimum Gasteiger partial charge on any atom is -0.486 e. The Bertz CT molecular complexity index is 1350. The molecule has 1 aromatic carbocycles. The molecule has 0 atom stereocenters. The number of rotatable bonds is 4. The molecule has 0 fully saturated rings. The molecule has 0 amide bonds. The third-order valence-electron chi connectivity index (χ3n) is 6.65. The molecule has 6 rings (SSSR count). The van der Waals surface area contributed by atoms with Crippen molar-refractivity contribution in [2.45, 2.75) is 33.4 Å². The molecule has 0 unspecified atom stereocenters. The van der Waals surface area contributed by atoms with Crippen molar-refractivity contribution in [1.29, 1.82) is 0 Å². The van der Waals surface area contributed by atoms with Crippen molar-refractivity contribution in [1.82, 2.24) is 24.4 Å². The van der Waals surface area contributed by atoms with Crippen molar-refractivity contribution in [2.24, 2.45) is 0 Å². The van der Waals surface area contributed by atoms with Crippen LogP contribution in [-0.2, 0) is 19.5 Å². The van der Waals surface area contributed by atoms with Gasteiger partial charge in [-0.05, 0) is 49.7 Å². The fourth-order valence-corrected chi connectivity index (χ4v) is 4.94.